The maximum absolute atomic E-state index is 13.3. The van der Waals surface area contributed by atoms with Gasteiger partial charge in [0.25, 0.3) is 0 Å². The molecule has 35 heteroatoms. The molecule has 4 aliphatic carbocycles. The average Bonchev–Trinajstić information content (AvgIpc) is 0.912. The van der Waals surface area contributed by atoms with E-state index >= 15 is 0 Å². The summed E-state index contributed by atoms with van der Waals surface area (Å²) in [6.45, 7) is 40.8. The Labute approximate surface area is 754 Å². The number of nitrogens with one attached hydrogen (secondary N) is 4. The van der Waals surface area contributed by atoms with Crippen LogP contribution >= 0.6 is 0 Å². The molecule has 0 saturated heterocycles. The van der Waals surface area contributed by atoms with E-state index in [0.717, 1.165) is 49.7 Å². The number of carbonyl (C=O) groups is 4. The molecule has 31 nitrogen and oxygen atoms in total. The van der Waals surface area contributed by atoms with Gasteiger partial charge in [-0.25, -0.2) is 45.0 Å². The number of rotatable bonds is 36. The van der Waals surface area contributed by atoms with E-state index in [0.29, 0.717) is 152 Å². The molecule has 8 aromatic rings. The number of nitrogens with zero attached hydrogens (tertiary/aromatic N) is 8. The van der Waals surface area contributed by atoms with E-state index in [9.17, 15) is 42.2 Å². The van der Waals surface area contributed by atoms with Gasteiger partial charge in [-0.1, -0.05) is 145 Å². The minimum Gasteiger partial charge on any atom is -0.460 e. The van der Waals surface area contributed by atoms with Crippen molar-refractivity contribution < 1.29 is 89.6 Å². The lowest BCUT2D eigenvalue weighted by atomic mass is 9.96. The van der Waals surface area contributed by atoms with E-state index in [2.05, 4.69) is 183 Å². The van der Waals surface area contributed by atoms with Gasteiger partial charge in [0, 0.05) is 90.3 Å². The number of aromatic nitrogens is 8. The van der Waals surface area contributed by atoms with Gasteiger partial charge in [-0.2, -0.15) is 8.42 Å². The number of hydrogen-bond acceptors (Lipinski definition) is 30. The molecule has 8 aromatic heterocycles. The zero-order valence-corrected chi connectivity index (χ0v) is 78.7. The topological polar surface area (TPSA) is 461 Å². The van der Waals surface area contributed by atoms with Crippen LogP contribution < -0.4 is 26.4 Å². The number of aliphatic hydroxyl groups is 5. The van der Waals surface area contributed by atoms with Crippen molar-refractivity contribution in [3.05, 3.63) is 167 Å². The Kier molecular flexibility index (Phi) is 43.5. The molecule has 706 valence electrons. The fraction of sp³-hybridized carbons (Fsp3) is 0.609. The van der Waals surface area contributed by atoms with E-state index in [4.69, 9.17) is 48.3 Å². The van der Waals surface area contributed by atoms with Crippen molar-refractivity contribution in [3.8, 4) is 0 Å². The number of hydrogen-bond donors (Lipinski definition) is 10. The fourth-order valence-electron chi connectivity index (χ4n) is 18.8. The molecule has 0 aromatic carbocycles. The SMILES string of the molecule is C.C.CC(C)[Si](OCc1coc(C(=O)c2cncnc2N[C@@H]2C[C@H](CO)[C@@H](C)C2)c1)(C(C)C)C(C)C.CCO.CC[C@H]1C[C@@H](Nc2ncncc2C(=O)c2cc(CO)co2)C[C@@H]1C.CC[C@H]1C[C@@H](Nc2ncncc2C(=O)c2cc(CO[Si](C(C)C)(C(C)C)C(C)C)co2)C[C@@H]1C.NS(=O)(=O)OC[C@H]1C[C@@H](Nc2ncncc2C(=O)c2cc(CO)co2)C[C@@H]1O.[2H]CF. The number of furan rings is 4. The standard InChI is InChI=1S/C27H43N3O3Si.C26H41N3O4Si.C18H23N3O3.C16H20N4O7S.C2H6O.CH3F.2CH4/c1-9-22-12-23(10-20(22)8)30-27-24(13-28-16-29-27)26(31)25-11-21(14-32-25)15-33-34(17(2)3,18(4)5)19(6)7;1-16(2)34(17(3)4,18(5)6)33-14-20-9-24(32-13-20)25(31)23-11-27-15-28-26(23)29-22-8-19(7)21(10-22)12-30;1-3-13-6-14(4-11(13)2)21-18-15(7-19-10-20-18)17(23)16-5-12(8-22)9-24-16;17-28(24,25)27-7-10-2-11(3-13(10)22)20-16-12(4-18-8-19-16)15(23)14-1-9(5-21)6-26-14;1-2-3;1-2;;/h11,13-14,16-20,22-23H,9-10,12,15H2,1-8H3,(H,28,29,30);9,11,13,15-19,21-22,30H,8,10,12,14H2,1-7H3,(H,27,28,29);5,7,9-11,13-14,22H,3-4,6,8H2,1-2H3,(H,19,20,21);1,4,6,8,10-11,13,21-22H,2-3,5,7H2,(H2,17,24,25)(H,18,19,20);3H,2H2,1H3;1H3;2*1H4/t20-,22-,23-;19-,21+,22-;11-,13-,14-;10-,11-,13+;;;;/m0001..../s1/i;;;;;1D;;. The largest absolute Gasteiger partial charge is 0.460 e. The van der Waals surface area contributed by atoms with Gasteiger partial charge in [0.1, 0.15) is 48.6 Å². The number of alkyl halides is 1. The summed E-state index contributed by atoms with van der Waals surface area (Å²) in [5, 5.41) is 63.7. The summed E-state index contributed by atoms with van der Waals surface area (Å²) < 4.78 is 77.0. The quantitative estimate of drug-likeness (QED) is 0.0129. The van der Waals surface area contributed by atoms with Gasteiger partial charge < -0.3 is 73.3 Å². The van der Waals surface area contributed by atoms with Gasteiger partial charge in [0.05, 0.1) is 95.0 Å². The van der Waals surface area contributed by atoms with Crippen LogP contribution in [-0.4, -0.2) is 171 Å². The van der Waals surface area contributed by atoms with Crippen molar-refractivity contribution in [3.63, 3.8) is 0 Å². The Balaban J connectivity index is 0.000000297. The highest BCUT2D eigenvalue weighted by Crippen LogP contribution is 2.46. The maximum Gasteiger partial charge on any atom is 0.333 e. The monoisotopic (exact) mass is 1830 g/mol. The van der Waals surface area contributed by atoms with Crippen LogP contribution in [0.4, 0.5) is 27.7 Å². The Bertz CT molecular complexity index is 4600. The molecule has 0 radical (unpaired) electrons. The second kappa shape index (κ2) is 51.6. The first-order chi connectivity index (χ1) is 59.9. The fourth-order valence-corrected chi connectivity index (χ4v) is 30.0. The Morgan fingerprint density at radius 2 is 0.732 bits per heavy atom. The number of halogens is 1. The second-order valence-electron chi connectivity index (χ2n) is 35.1. The normalized spacial score (nSPS) is 20.9. The molecule has 12 rings (SSSR count). The summed E-state index contributed by atoms with van der Waals surface area (Å²) in [6.07, 6.45) is 25.9. The van der Waals surface area contributed by atoms with Crippen molar-refractivity contribution in [1.82, 2.24) is 39.9 Å². The van der Waals surface area contributed by atoms with Crippen molar-refractivity contribution in [2.24, 2.45) is 46.6 Å². The van der Waals surface area contributed by atoms with Crippen LogP contribution in [0, 0.1) is 41.4 Å². The van der Waals surface area contributed by atoms with Gasteiger partial charge in [0.15, 0.2) is 23.0 Å². The van der Waals surface area contributed by atoms with Crippen LogP contribution in [-0.2, 0) is 49.8 Å². The summed E-state index contributed by atoms with van der Waals surface area (Å²) >= 11 is 0. The highest BCUT2D eigenvalue weighted by atomic mass is 32.2. The maximum atomic E-state index is 13.3. The van der Waals surface area contributed by atoms with Crippen LogP contribution in [0.2, 0.25) is 33.2 Å². The van der Waals surface area contributed by atoms with Crippen LogP contribution in [0.25, 0.3) is 0 Å². The summed E-state index contributed by atoms with van der Waals surface area (Å²) in [4.78, 5) is 85.0. The second-order valence-corrected chi connectivity index (χ2v) is 47.3. The van der Waals surface area contributed by atoms with Crippen LogP contribution in [0.3, 0.4) is 0 Å². The van der Waals surface area contributed by atoms with Crippen molar-refractivity contribution in [2.75, 3.05) is 48.2 Å². The third-order valence-corrected chi connectivity index (χ3v) is 37.6. The van der Waals surface area contributed by atoms with Crippen LogP contribution in [0.15, 0.2) is 117 Å². The molecule has 0 unspecified atom stereocenters. The van der Waals surface area contributed by atoms with Crippen molar-refractivity contribution >= 4 is 73.3 Å². The average molecular weight is 1830 g/mol. The van der Waals surface area contributed by atoms with Gasteiger partial charge in [-0.05, 0) is 151 Å². The van der Waals surface area contributed by atoms with E-state index in [1.54, 1.807) is 37.8 Å². The summed E-state index contributed by atoms with van der Waals surface area (Å²) in [6, 6.07) is 7.09. The lowest BCUT2D eigenvalue weighted by Gasteiger charge is -2.42. The zero-order chi connectivity index (χ0) is 92.9. The van der Waals surface area contributed by atoms with Gasteiger partial charge >= 0.3 is 10.3 Å². The molecule has 0 amide bonds. The third-order valence-electron chi connectivity index (χ3n) is 25.0. The third kappa shape index (κ3) is 29.1. The molecule has 0 bridgehead atoms. The minimum atomic E-state index is -4.09. The van der Waals surface area contributed by atoms with Gasteiger partial charge in [-0.15, -0.1) is 0 Å². The highest BCUT2D eigenvalue weighted by molar-refractivity contribution is 7.84. The molecule has 4 fully saturated rings. The Morgan fingerprint density at radius 3 is 0.976 bits per heavy atom. The first-order valence-electron chi connectivity index (χ1n) is 44.3. The summed E-state index contributed by atoms with van der Waals surface area (Å²) in [5.41, 5.74) is 7.15. The summed E-state index contributed by atoms with van der Waals surface area (Å²) in [5.74, 6) is 4.51. The molecular weight excluding hydrogens is 1680 g/mol. The number of anilines is 4. The Hall–Kier alpha value is -8.73. The molecule has 4 aliphatic rings. The number of nitrogens with two attached hydrogens (primary N) is 1. The van der Waals surface area contributed by atoms with Gasteiger partial charge in [0.2, 0.25) is 39.8 Å². The lowest BCUT2D eigenvalue weighted by Crippen LogP contribution is -2.47. The minimum absolute atomic E-state index is 0. The van der Waals surface area contributed by atoms with E-state index < -0.39 is 51.9 Å². The molecule has 0 aliphatic heterocycles. The predicted octanol–water partition coefficient (Wildman–Crippen LogP) is 17.5. The molecule has 127 heavy (non-hydrogen) atoms. The first-order valence-corrected chi connectivity index (χ1v) is 49.3. The Morgan fingerprint density at radius 1 is 0.472 bits per heavy atom. The van der Waals surface area contributed by atoms with Gasteiger partial charge in [-0.3, -0.25) is 27.8 Å². The molecular formula is C92H144FN13O18SSi2. The molecule has 12 atom stereocenters. The highest BCUT2D eigenvalue weighted by Gasteiger charge is 2.47. The summed E-state index contributed by atoms with van der Waals surface area (Å²) in [7, 11) is -9.09. The molecule has 4 saturated carbocycles. The van der Waals surface area contributed by atoms with Crippen LogP contribution in [0.1, 0.15) is 292 Å². The van der Waals surface area contributed by atoms with E-state index in [1.807, 2.05) is 6.07 Å². The lowest BCUT2D eigenvalue weighted by molar-refractivity contribution is 0.100. The van der Waals surface area contributed by atoms with E-state index in [1.165, 1.54) is 75.3 Å². The molecule has 11 N–H and O–H groups in total. The molecule has 0 spiro atoms. The van der Waals surface area contributed by atoms with E-state index in [-0.39, 0.29) is 112 Å². The van der Waals surface area contributed by atoms with Crippen molar-refractivity contribution in [2.45, 2.75) is 294 Å². The van der Waals surface area contributed by atoms with Crippen molar-refractivity contribution in [1.29, 1.82) is 0 Å². The number of aliphatic hydroxyl groups excluding tert-OH is 5. The predicted molar refractivity (Wildman–Crippen MR) is 494 cm³/mol. The number of carbonyl (C=O) groups excluding carboxylic acids is 4. The first kappa shape index (κ1) is 107. The smallest absolute Gasteiger partial charge is 0.333 e. The van der Waals surface area contributed by atoms with Crippen LogP contribution in [0.5, 0.6) is 0 Å². The zero-order valence-electron chi connectivity index (χ0n) is 76.8. The molecule has 8 heterocycles. The number of ketones is 4.